The molecular formula is ClNa7O19P6. The molecule has 1 aliphatic heterocycles. The van der Waals surface area contributed by atoms with Crippen LogP contribution in [0.1, 0.15) is 0 Å². The van der Waals surface area contributed by atoms with E-state index in [1.165, 1.54) is 0 Å². The molecule has 1 saturated heterocycles. The zero-order chi connectivity index (χ0) is 21.2. The van der Waals surface area contributed by atoms with Gasteiger partial charge in [0, 0.05) is 0 Å². The number of phosphoric acid groups is 6. The Kier molecular flexibility index (Phi) is 44.8. The first-order valence-electron chi connectivity index (χ1n) is 4.54. The molecule has 0 aromatic heterocycles. The Balaban J connectivity index is -0.000000112. The molecule has 0 spiro atoms. The summed E-state index contributed by atoms with van der Waals surface area (Å²) in [5.41, 5.74) is 0. The molecule has 0 bridgehead atoms. The Morgan fingerprint density at radius 1 is 0.333 bits per heavy atom. The molecule has 19 nitrogen and oxygen atoms in total. The average Bonchev–Trinajstić information content (AvgIpc) is 2.17. The van der Waals surface area contributed by atoms with Gasteiger partial charge >= 0.3 is 207 Å². The second-order valence-electron chi connectivity index (χ2n) is 3.17. The predicted octanol–water partition coefficient (Wildman–Crippen LogP) is -24.6. The van der Waals surface area contributed by atoms with Gasteiger partial charge in [0.1, 0.15) is 0 Å². The summed E-state index contributed by atoms with van der Waals surface area (Å²) in [4.78, 5) is 65.8. The summed E-state index contributed by atoms with van der Waals surface area (Å²) >= 11 is 3.39. The van der Waals surface area contributed by atoms with E-state index in [1.807, 2.05) is 0 Å². The van der Waals surface area contributed by atoms with Crippen molar-refractivity contribution in [1.82, 2.24) is 0 Å². The van der Waals surface area contributed by atoms with Gasteiger partial charge in [-0.05, 0) is 0 Å². The fourth-order valence-electron chi connectivity index (χ4n) is 0.824. The van der Waals surface area contributed by atoms with Crippen LogP contribution in [0.2, 0.25) is 0 Å². The summed E-state index contributed by atoms with van der Waals surface area (Å²) in [6, 6.07) is 0. The Bertz CT molecular complexity index is 606. The standard InChI is InChI=1S/ClO.7Na.H6O18P6/c1-2;;;;;;;;1-19(2)13-20(3,4)15-22(7,8)17-24(11,12)18-23(9,10)16-21(5,6)14-19/h;;;;;;;;(H,1,2)(H,3,4)(H,5,6)(H,7,8)(H,9,10)(H,11,12)/q-1;7*+1;/p-6. The third-order valence-electron chi connectivity index (χ3n) is 1.20. The van der Waals surface area contributed by atoms with E-state index in [1.54, 1.807) is 0 Å². The van der Waals surface area contributed by atoms with Crippen molar-refractivity contribution in [2.24, 2.45) is 0 Å². The summed E-state index contributed by atoms with van der Waals surface area (Å²) in [5.74, 6) is 0. The van der Waals surface area contributed by atoms with Crippen molar-refractivity contribution in [3.63, 3.8) is 0 Å². The first-order valence-corrected chi connectivity index (χ1v) is 13.6. The van der Waals surface area contributed by atoms with Gasteiger partial charge in [0.05, 0.1) is 0 Å². The smallest absolute Gasteiger partial charge is 0.769 e. The molecule has 0 amide bonds. The van der Waals surface area contributed by atoms with Crippen molar-refractivity contribution in [3.8, 4) is 0 Å². The van der Waals surface area contributed by atoms with Crippen molar-refractivity contribution >= 4 is 58.8 Å². The summed E-state index contributed by atoms with van der Waals surface area (Å²) in [7, 11) is -39.3. The van der Waals surface area contributed by atoms with Crippen molar-refractivity contribution in [2.45, 2.75) is 0 Å². The van der Waals surface area contributed by atoms with Crippen molar-refractivity contribution in [2.75, 3.05) is 0 Å². The van der Waals surface area contributed by atoms with E-state index in [9.17, 15) is 56.8 Å². The fraction of sp³-hybridized carbons (Fsp3) is 0. The van der Waals surface area contributed by atoms with E-state index in [2.05, 4.69) is 37.7 Å². The summed E-state index contributed by atoms with van der Waals surface area (Å²) in [6.07, 6.45) is 0. The van der Waals surface area contributed by atoms with Gasteiger partial charge in [0.15, 0.2) is 0 Å². The monoisotopic (exact) mass is 686 g/mol. The molecule has 0 saturated carbocycles. The molecule has 1 aliphatic rings. The topological polar surface area (TPSA) is 319 Å². The quantitative estimate of drug-likeness (QED) is 0.169. The third kappa shape index (κ3) is 30.0. The second kappa shape index (κ2) is 24.5. The predicted molar refractivity (Wildman–Crippen MR) is 58.0 cm³/mol. The van der Waals surface area contributed by atoms with Crippen LogP contribution in [0.4, 0.5) is 0 Å². The van der Waals surface area contributed by atoms with E-state index in [-0.39, 0.29) is 207 Å². The molecule has 0 radical (unpaired) electrons. The molecular weight excluding hydrogens is 686 g/mol. The van der Waals surface area contributed by atoms with Crippen molar-refractivity contribution in [1.29, 1.82) is 0 Å². The van der Waals surface area contributed by atoms with Crippen molar-refractivity contribution < 1.29 is 294 Å². The molecule has 0 N–H and O–H groups in total. The zero-order valence-electron chi connectivity index (χ0n) is 17.8. The molecule has 33 heteroatoms. The third-order valence-corrected chi connectivity index (χ3v) is 10.8. The molecule has 33 heavy (non-hydrogen) atoms. The molecule has 1 fully saturated rings. The molecule has 158 valence electrons. The molecule has 1 heterocycles. The van der Waals surface area contributed by atoms with Crippen LogP contribution in [0.25, 0.3) is 0 Å². The Hall–Kier alpha value is 8.15. The SMILES string of the molecule is O=P1([O-])OP(=O)([O-])OP(=O)([O-])OP(=O)([O-])OP(=O)([O-])OP(=O)([O-])O1.[Na+].[Na+].[Na+].[Na+].[Na+].[Na+].[Na+].[O-]Cl. The van der Waals surface area contributed by atoms with Gasteiger partial charge in [-0.3, -0.25) is 27.4 Å². The minimum absolute atomic E-state index is 0. The van der Waals surface area contributed by atoms with Crippen LogP contribution in [0, 0.1) is 0 Å². The van der Waals surface area contributed by atoms with E-state index in [0.717, 1.165) is 0 Å². The minimum atomic E-state index is -6.56. The average molecular weight is 686 g/mol. The van der Waals surface area contributed by atoms with Crippen LogP contribution in [-0.4, -0.2) is 0 Å². The molecule has 1 rings (SSSR count). The van der Waals surface area contributed by atoms with Crippen LogP contribution >= 0.6 is 58.8 Å². The van der Waals surface area contributed by atoms with E-state index < -0.39 is 46.9 Å². The normalized spacial score (nSPS) is 40.4. The minimum Gasteiger partial charge on any atom is -0.769 e. The number of halogens is 1. The van der Waals surface area contributed by atoms with Gasteiger partial charge < -0.3 is 34.0 Å². The van der Waals surface area contributed by atoms with Gasteiger partial charge in [-0.15, -0.1) is 0 Å². The van der Waals surface area contributed by atoms with Crippen molar-refractivity contribution in [3.05, 3.63) is 0 Å². The molecule has 0 unspecified atom stereocenters. The van der Waals surface area contributed by atoms with Gasteiger partial charge in [0.25, 0.3) is 46.9 Å². The summed E-state index contributed by atoms with van der Waals surface area (Å²) < 4.78 is 91.1. The van der Waals surface area contributed by atoms with E-state index in [4.69, 9.17) is 4.66 Å². The van der Waals surface area contributed by atoms with Crippen LogP contribution < -0.4 is 241 Å². The maximum atomic E-state index is 11.0. The van der Waals surface area contributed by atoms with Gasteiger partial charge in [0.2, 0.25) is 0 Å². The molecule has 0 atom stereocenters. The van der Waals surface area contributed by atoms with Gasteiger partial charge in [-0.25, -0.2) is 37.7 Å². The maximum absolute atomic E-state index is 11.0. The number of hydrogen-bond donors (Lipinski definition) is 0. The Morgan fingerprint density at radius 2 is 0.394 bits per heavy atom. The largest absolute Gasteiger partial charge is 1.00 e. The molecule has 0 aliphatic carbocycles. The van der Waals surface area contributed by atoms with Crippen LogP contribution in [0.3, 0.4) is 0 Å². The first kappa shape index (κ1) is 60.4. The van der Waals surface area contributed by atoms with Crippen LogP contribution in [0.5, 0.6) is 0 Å². The Labute approximate surface area is 345 Å². The van der Waals surface area contributed by atoms with Gasteiger partial charge in [-0.2, -0.15) is 0 Å². The summed E-state index contributed by atoms with van der Waals surface area (Å²) in [5, 5.41) is 0. The van der Waals surface area contributed by atoms with E-state index >= 15 is 0 Å². The van der Waals surface area contributed by atoms with Gasteiger partial charge in [-0.1, -0.05) is 0 Å². The maximum Gasteiger partial charge on any atom is 1.00 e. The second-order valence-corrected chi connectivity index (χ2v) is 12.5. The fourth-order valence-corrected chi connectivity index (χ4v) is 9.03. The zero-order valence-corrected chi connectivity index (χ0v) is 37.9. The first-order chi connectivity index (χ1) is 11.2. The molecule has 0 aromatic rings. The summed E-state index contributed by atoms with van der Waals surface area (Å²) in [6.45, 7) is 0. The van der Waals surface area contributed by atoms with E-state index in [0.29, 0.717) is 0 Å². The van der Waals surface area contributed by atoms with Crippen LogP contribution in [-0.2, 0) is 53.3 Å². The Morgan fingerprint density at radius 3 is 0.455 bits per heavy atom. The molecule has 0 aromatic carbocycles. The number of rotatable bonds is 0. The number of hydrogen-bond acceptors (Lipinski definition) is 19. The van der Waals surface area contributed by atoms with Crippen LogP contribution in [0.15, 0.2) is 0 Å².